The summed E-state index contributed by atoms with van der Waals surface area (Å²) in [4.78, 5) is 0. The molecular weight excluding hydrogens is 240 g/mol. The molecule has 0 spiro atoms. The Morgan fingerprint density at radius 3 is 2.68 bits per heavy atom. The van der Waals surface area contributed by atoms with Gasteiger partial charge in [-0.15, -0.1) is 15.3 Å². The van der Waals surface area contributed by atoms with Gasteiger partial charge in [-0.25, -0.2) is 0 Å². The molecule has 98 valence electrons. The molecule has 0 aliphatic rings. The zero-order valence-electron chi connectivity index (χ0n) is 10.8. The number of benzene rings is 1. The van der Waals surface area contributed by atoms with E-state index < -0.39 is 0 Å². The van der Waals surface area contributed by atoms with Crippen LogP contribution in [-0.4, -0.2) is 30.9 Å². The quantitative estimate of drug-likeness (QED) is 0.756. The van der Waals surface area contributed by atoms with E-state index in [1.54, 1.807) is 4.52 Å². The molecule has 0 saturated carbocycles. The minimum absolute atomic E-state index is 0.646. The summed E-state index contributed by atoms with van der Waals surface area (Å²) in [6.45, 7) is 0.646. The molecule has 0 fully saturated rings. The van der Waals surface area contributed by atoms with Crippen molar-refractivity contribution in [2.45, 2.75) is 12.8 Å². The van der Waals surface area contributed by atoms with Gasteiger partial charge in [0.2, 0.25) is 0 Å². The van der Waals surface area contributed by atoms with Gasteiger partial charge in [0.25, 0.3) is 5.78 Å². The highest BCUT2D eigenvalue weighted by atomic mass is 15.5. The van der Waals surface area contributed by atoms with Crippen LogP contribution in [0.15, 0.2) is 30.3 Å². The molecule has 0 amide bonds. The van der Waals surface area contributed by atoms with Gasteiger partial charge in [-0.05, 0) is 13.0 Å². The summed E-state index contributed by atoms with van der Waals surface area (Å²) in [5, 5.41) is 13.0. The van der Waals surface area contributed by atoms with E-state index in [2.05, 4.69) is 15.3 Å². The summed E-state index contributed by atoms with van der Waals surface area (Å²) >= 11 is 0. The first-order valence-electron chi connectivity index (χ1n) is 6.33. The predicted octanol–water partition coefficient (Wildman–Crippen LogP) is 1.02. The molecule has 2 aromatic heterocycles. The van der Waals surface area contributed by atoms with Crippen molar-refractivity contribution in [3.05, 3.63) is 36.2 Å². The Balaban J connectivity index is 2.08. The minimum Gasteiger partial charge on any atom is -0.330 e. The smallest absolute Gasteiger partial charge is 0.253 e. The number of nitrogens with zero attached hydrogens (tertiary/aromatic N) is 5. The first-order valence-corrected chi connectivity index (χ1v) is 6.33. The van der Waals surface area contributed by atoms with Gasteiger partial charge in [0.05, 0.1) is 0 Å². The lowest BCUT2D eigenvalue weighted by atomic mass is 10.2. The molecule has 3 aromatic rings. The zero-order valence-corrected chi connectivity index (χ0v) is 10.8. The molecule has 0 aliphatic carbocycles. The Kier molecular flexibility index (Phi) is 3.00. The molecule has 0 atom stereocenters. The fraction of sp³-hybridized carbons (Fsp3) is 0.308. The maximum atomic E-state index is 5.53. The monoisotopic (exact) mass is 256 g/mol. The van der Waals surface area contributed by atoms with E-state index in [0.29, 0.717) is 6.54 Å². The van der Waals surface area contributed by atoms with E-state index in [1.165, 1.54) is 0 Å². The van der Waals surface area contributed by atoms with Gasteiger partial charge >= 0.3 is 0 Å². The molecule has 0 radical (unpaired) electrons. The molecule has 0 aliphatic heterocycles. The first-order chi connectivity index (χ1) is 9.31. The number of hydrogen-bond acceptors (Lipinski definition) is 4. The van der Waals surface area contributed by atoms with Gasteiger partial charge in [0.1, 0.15) is 0 Å². The fourth-order valence-corrected chi connectivity index (χ4v) is 2.13. The lowest BCUT2D eigenvalue weighted by molar-refractivity contribution is 0.744. The third-order valence-corrected chi connectivity index (χ3v) is 3.14. The standard InChI is InChI=1S/C13H16N6/c1-18-12(10-6-3-2-4-7-10)17-19-11(8-5-9-14)15-16-13(18)19/h2-4,6-7H,5,8-9,14H2,1H3. The summed E-state index contributed by atoms with van der Waals surface area (Å²) in [6.07, 6.45) is 1.68. The third-order valence-electron chi connectivity index (χ3n) is 3.14. The van der Waals surface area contributed by atoms with Crippen LogP contribution in [0, 0.1) is 0 Å². The number of nitrogens with two attached hydrogens (primary N) is 1. The summed E-state index contributed by atoms with van der Waals surface area (Å²) in [5.74, 6) is 2.50. The van der Waals surface area contributed by atoms with Crippen molar-refractivity contribution in [1.29, 1.82) is 0 Å². The van der Waals surface area contributed by atoms with Crippen LogP contribution in [0.3, 0.4) is 0 Å². The van der Waals surface area contributed by atoms with E-state index in [1.807, 2.05) is 41.9 Å². The van der Waals surface area contributed by atoms with Gasteiger partial charge in [0.15, 0.2) is 11.6 Å². The SMILES string of the molecule is Cn1c(-c2ccccc2)nn2c(CCCN)nnc12. The Hall–Kier alpha value is -2.21. The number of rotatable bonds is 4. The van der Waals surface area contributed by atoms with Gasteiger partial charge in [-0.2, -0.15) is 4.52 Å². The van der Waals surface area contributed by atoms with Crippen LogP contribution >= 0.6 is 0 Å². The van der Waals surface area contributed by atoms with Gasteiger partial charge in [-0.1, -0.05) is 30.3 Å². The molecule has 19 heavy (non-hydrogen) atoms. The highest BCUT2D eigenvalue weighted by Crippen LogP contribution is 2.18. The second-order valence-corrected chi connectivity index (χ2v) is 4.47. The molecular formula is C13H16N6. The van der Waals surface area contributed by atoms with Crippen LogP contribution in [0.1, 0.15) is 12.2 Å². The lowest BCUT2D eigenvalue weighted by Gasteiger charge is -1.99. The first kappa shape index (κ1) is 11.9. The second-order valence-electron chi connectivity index (χ2n) is 4.47. The summed E-state index contributed by atoms with van der Waals surface area (Å²) in [7, 11) is 1.95. The Morgan fingerprint density at radius 1 is 1.16 bits per heavy atom. The largest absolute Gasteiger partial charge is 0.330 e. The van der Waals surface area contributed by atoms with Crippen LogP contribution in [0.4, 0.5) is 0 Å². The van der Waals surface area contributed by atoms with Crippen molar-refractivity contribution in [3.8, 4) is 11.4 Å². The van der Waals surface area contributed by atoms with E-state index in [-0.39, 0.29) is 0 Å². The zero-order chi connectivity index (χ0) is 13.2. The van der Waals surface area contributed by atoms with Crippen LogP contribution in [0.2, 0.25) is 0 Å². The summed E-state index contributed by atoms with van der Waals surface area (Å²) in [5.41, 5.74) is 6.60. The predicted molar refractivity (Wildman–Crippen MR) is 72.6 cm³/mol. The highest BCUT2D eigenvalue weighted by molar-refractivity contribution is 5.57. The normalized spacial score (nSPS) is 11.3. The van der Waals surface area contributed by atoms with Gasteiger partial charge in [-0.3, -0.25) is 4.57 Å². The topological polar surface area (TPSA) is 74.0 Å². The Bertz CT molecular complexity index is 682. The molecule has 6 nitrogen and oxygen atoms in total. The van der Waals surface area contributed by atoms with E-state index in [9.17, 15) is 0 Å². The van der Waals surface area contributed by atoms with E-state index in [4.69, 9.17) is 5.73 Å². The summed E-state index contributed by atoms with van der Waals surface area (Å²) < 4.78 is 3.76. The van der Waals surface area contributed by atoms with Crippen molar-refractivity contribution in [1.82, 2.24) is 24.4 Å². The summed E-state index contributed by atoms with van der Waals surface area (Å²) in [6, 6.07) is 10.1. The molecule has 0 bridgehead atoms. The molecule has 1 aromatic carbocycles. The second kappa shape index (κ2) is 4.81. The van der Waals surface area contributed by atoms with E-state index >= 15 is 0 Å². The Morgan fingerprint density at radius 2 is 1.95 bits per heavy atom. The van der Waals surface area contributed by atoms with Gasteiger partial charge < -0.3 is 5.73 Å². The highest BCUT2D eigenvalue weighted by Gasteiger charge is 2.14. The number of fused-ring (bicyclic) bond motifs is 1. The van der Waals surface area contributed by atoms with Crippen LogP contribution in [0.5, 0.6) is 0 Å². The van der Waals surface area contributed by atoms with Gasteiger partial charge in [0, 0.05) is 19.0 Å². The lowest BCUT2D eigenvalue weighted by Crippen LogP contribution is -2.03. The molecule has 0 saturated heterocycles. The molecule has 2 heterocycles. The molecule has 2 N–H and O–H groups in total. The molecule has 3 rings (SSSR count). The van der Waals surface area contributed by atoms with Crippen LogP contribution in [-0.2, 0) is 13.5 Å². The Labute approximate surface area is 110 Å². The van der Waals surface area contributed by atoms with Crippen molar-refractivity contribution in [2.24, 2.45) is 12.8 Å². The van der Waals surface area contributed by atoms with E-state index in [0.717, 1.165) is 35.8 Å². The average Bonchev–Trinajstić information content (AvgIpc) is 2.99. The maximum Gasteiger partial charge on any atom is 0.253 e. The third kappa shape index (κ3) is 2.00. The van der Waals surface area contributed by atoms with Crippen LogP contribution < -0.4 is 5.73 Å². The minimum atomic E-state index is 0.646. The van der Waals surface area contributed by atoms with Crippen molar-refractivity contribution in [3.63, 3.8) is 0 Å². The number of hydrogen-bond donors (Lipinski definition) is 1. The van der Waals surface area contributed by atoms with Crippen molar-refractivity contribution >= 4 is 5.78 Å². The average molecular weight is 256 g/mol. The molecule has 0 unspecified atom stereocenters. The molecule has 6 heteroatoms. The number of aromatic nitrogens is 5. The van der Waals surface area contributed by atoms with Crippen molar-refractivity contribution < 1.29 is 0 Å². The fourth-order valence-electron chi connectivity index (χ4n) is 2.13. The maximum absolute atomic E-state index is 5.53. The van der Waals surface area contributed by atoms with Crippen LogP contribution in [0.25, 0.3) is 17.2 Å². The van der Waals surface area contributed by atoms with Crippen molar-refractivity contribution in [2.75, 3.05) is 6.54 Å². The number of aryl methyl sites for hydroxylation is 2.